The van der Waals surface area contributed by atoms with Crippen molar-refractivity contribution in [3.05, 3.63) is 51.9 Å². The first kappa shape index (κ1) is 22.9. The summed E-state index contributed by atoms with van der Waals surface area (Å²) in [6, 6.07) is 9.31. The van der Waals surface area contributed by atoms with Gasteiger partial charge in [0.2, 0.25) is 5.91 Å². The van der Waals surface area contributed by atoms with Crippen LogP contribution >= 0.6 is 11.6 Å². The van der Waals surface area contributed by atoms with Gasteiger partial charge in [0, 0.05) is 43.4 Å². The minimum absolute atomic E-state index is 0.0346. The smallest absolute Gasteiger partial charge is 0.257 e. The molecule has 0 spiro atoms. The number of halogens is 1. The van der Waals surface area contributed by atoms with Gasteiger partial charge < -0.3 is 14.2 Å². The first-order valence-corrected chi connectivity index (χ1v) is 10.7. The highest BCUT2D eigenvalue weighted by atomic mass is 35.5. The number of benzene rings is 1. The molecule has 0 aliphatic carbocycles. The van der Waals surface area contributed by atoms with E-state index in [0.29, 0.717) is 49.1 Å². The molecule has 7 nitrogen and oxygen atoms in total. The van der Waals surface area contributed by atoms with Gasteiger partial charge in [-0.2, -0.15) is 5.26 Å². The second-order valence-electron chi connectivity index (χ2n) is 7.78. The Bertz CT molecular complexity index is 1000. The van der Waals surface area contributed by atoms with Crippen molar-refractivity contribution >= 4 is 29.1 Å². The zero-order valence-corrected chi connectivity index (χ0v) is 18.9. The molecule has 1 saturated heterocycles. The molecule has 1 aromatic heterocycles. The molecule has 0 N–H and O–H groups in total. The Balaban J connectivity index is 1.61. The highest BCUT2D eigenvalue weighted by molar-refractivity contribution is 6.31. The molecule has 8 heteroatoms. The lowest BCUT2D eigenvalue weighted by molar-refractivity contribution is -0.120. The second-order valence-corrected chi connectivity index (χ2v) is 8.19. The Labute approximate surface area is 187 Å². The maximum atomic E-state index is 13.0. The average molecular weight is 443 g/mol. The summed E-state index contributed by atoms with van der Waals surface area (Å²) in [6.07, 6.45) is 0.249. The van der Waals surface area contributed by atoms with E-state index in [2.05, 4.69) is 6.07 Å². The SMILES string of the molecule is Cc1cc(C(=O)N2CCN(CC(=O)N(CCC#N)c3ccc(Cl)c(C)c3)CC2)c(C)o1. The molecular weight excluding hydrogens is 416 g/mol. The molecule has 1 fully saturated rings. The fourth-order valence-corrected chi connectivity index (χ4v) is 3.87. The Morgan fingerprint density at radius 3 is 2.45 bits per heavy atom. The maximum absolute atomic E-state index is 13.0. The normalized spacial score (nSPS) is 14.4. The monoisotopic (exact) mass is 442 g/mol. The first-order chi connectivity index (χ1) is 14.8. The van der Waals surface area contributed by atoms with Crippen molar-refractivity contribution in [2.75, 3.05) is 44.2 Å². The van der Waals surface area contributed by atoms with Crippen LogP contribution in [0.2, 0.25) is 5.02 Å². The van der Waals surface area contributed by atoms with E-state index in [-0.39, 0.29) is 24.8 Å². The molecule has 1 aliphatic rings. The van der Waals surface area contributed by atoms with Crippen molar-refractivity contribution in [1.29, 1.82) is 5.26 Å². The Morgan fingerprint density at radius 2 is 1.87 bits per heavy atom. The molecule has 0 saturated carbocycles. The molecule has 0 radical (unpaired) electrons. The Morgan fingerprint density at radius 1 is 1.16 bits per heavy atom. The molecule has 3 rings (SSSR count). The van der Waals surface area contributed by atoms with Gasteiger partial charge in [0.1, 0.15) is 11.5 Å². The van der Waals surface area contributed by atoms with E-state index in [1.807, 2.05) is 24.8 Å². The lowest BCUT2D eigenvalue weighted by Gasteiger charge is -2.35. The van der Waals surface area contributed by atoms with E-state index >= 15 is 0 Å². The Kier molecular flexibility index (Phi) is 7.37. The number of carbonyl (C=O) groups excluding carboxylic acids is 2. The number of anilines is 1. The zero-order valence-electron chi connectivity index (χ0n) is 18.2. The third-order valence-electron chi connectivity index (χ3n) is 5.49. The predicted octanol–water partition coefficient (Wildman–Crippen LogP) is 3.56. The number of amides is 2. The minimum atomic E-state index is -0.0712. The number of rotatable bonds is 6. The fraction of sp³-hybridized carbons (Fsp3) is 0.435. The lowest BCUT2D eigenvalue weighted by atomic mass is 10.2. The van der Waals surface area contributed by atoms with Gasteiger partial charge in [-0.15, -0.1) is 0 Å². The van der Waals surface area contributed by atoms with Crippen molar-refractivity contribution < 1.29 is 14.0 Å². The number of nitriles is 1. The third kappa shape index (κ3) is 5.46. The van der Waals surface area contributed by atoms with Gasteiger partial charge >= 0.3 is 0 Å². The molecule has 2 amide bonds. The van der Waals surface area contributed by atoms with Crippen LogP contribution in [-0.4, -0.2) is 60.9 Å². The number of aryl methyl sites for hydroxylation is 3. The summed E-state index contributed by atoms with van der Waals surface area (Å²) < 4.78 is 5.48. The largest absolute Gasteiger partial charge is 0.466 e. The predicted molar refractivity (Wildman–Crippen MR) is 119 cm³/mol. The topological polar surface area (TPSA) is 80.8 Å². The van der Waals surface area contributed by atoms with Gasteiger partial charge in [0.25, 0.3) is 5.91 Å². The average Bonchev–Trinajstić information content (AvgIpc) is 3.08. The summed E-state index contributed by atoms with van der Waals surface area (Å²) in [6.45, 7) is 8.39. The zero-order chi connectivity index (χ0) is 22.5. The summed E-state index contributed by atoms with van der Waals surface area (Å²) in [5, 5.41) is 9.64. The van der Waals surface area contributed by atoms with E-state index in [0.717, 1.165) is 17.0 Å². The quantitative estimate of drug-likeness (QED) is 0.683. The van der Waals surface area contributed by atoms with Crippen molar-refractivity contribution in [1.82, 2.24) is 9.80 Å². The molecule has 2 heterocycles. The van der Waals surface area contributed by atoms with Crippen molar-refractivity contribution in [2.45, 2.75) is 27.2 Å². The fourth-order valence-electron chi connectivity index (χ4n) is 3.76. The summed E-state index contributed by atoms with van der Waals surface area (Å²) in [5.41, 5.74) is 2.22. The number of carbonyl (C=O) groups is 2. The summed E-state index contributed by atoms with van der Waals surface area (Å²) in [7, 11) is 0. The molecule has 0 unspecified atom stereocenters. The van der Waals surface area contributed by atoms with E-state index in [4.69, 9.17) is 21.3 Å². The van der Waals surface area contributed by atoms with Crippen LogP contribution in [0.3, 0.4) is 0 Å². The molecule has 1 aliphatic heterocycles. The third-order valence-corrected chi connectivity index (χ3v) is 5.92. The number of hydrogen-bond donors (Lipinski definition) is 0. The van der Waals surface area contributed by atoms with Crippen LogP contribution in [0.5, 0.6) is 0 Å². The summed E-state index contributed by atoms with van der Waals surface area (Å²) >= 11 is 6.12. The summed E-state index contributed by atoms with van der Waals surface area (Å²) in [4.78, 5) is 31.3. The van der Waals surface area contributed by atoms with Gasteiger partial charge in [-0.05, 0) is 50.6 Å². The summed E-state index contributed by atoms with van der Waals surface area (Å²) in [5.74, 6) is 1.25. The number of furan rings is 1. The van der Waals surface area contributed by atoms with Gasteiger partial charge in [-0.3, -0.25) is 14.5 Å². The number of piperazine rings is 1. The number of nitrogens with zero attached hydrogens (tertiary/aromatic N) is 4. The molecule has 0 atom stereocenters. The Hall–Kier alpha value is -2.82. The van der Waals surface area contributed by atoms with Crippen LogP contribution in [-0.2, 0) is 4.79 Å². The van der Waals surface area contributed by atoms with Crippen molar-refractivity contribution in [3.63, 3.8) is 0 Å². The standard InChI is InChI=1S/C23H27ClN4O3/c1-16-13-19(5-6-21(16)24)28(8-4-7-25)22(29)15-26-9-11-27(12-10-26)23(30)20-14-17(2)31-18(20)3/h5-6,13-14H,4,8-12,15H2,1-3H3. The van der Waals surface area contributed by atoms with Gasteiger partial charge in [-0.25, -0.2) is 0 Å². The van der Waals surface area contributed by atoms with E-state index in [1.54, 1.807) is 34.9 Å². The lowest BCUT2D eigenvalue weighted by Crippen LogP contribution is -2.51. The van der Waals surface area contributed by atoms with Crippen molar-refractivity contribution in [3.8, 4) is 6.07 Å². The molecular formula is C23H27ClN4O3. The van der Waals surface area contributed by atoms with Crippen LogP contribution in [0.1, 0.15) is 33.9 Å². The highest BCUT2D eigenvalue weighted by Gasteiger charge is 2.27. The van der Waals surface area contributed by atoms with E-state index in [9.17, 15) is 9.59 Å². The van der Waals surface area contributed by atoms with Gasteiger partial charge in [-0.1, -0.05) is 11.6 Å². The van der Waals surface area contributed by atoms with Crippen LogP contribution in [0.15, 0.2) is 28.7 Å². The molecule has 0 bridgehead atoms. The van der Waals surface area contributed by atoms with Crippen LogP contribution in [0.25, 0.3) is 0 Å². The number of hydrogen-bond acceptors (Lipinski definition) is 5. The maximum Gasteiger partial charge on any atom is 0.257 e. The van der Waals surface area contributed by atoms with Crippen LogP contribution < -0.4 is 4.90 Å². The highest BCUT2D eigenvalue weighted by Crippen LogP contribution is 2.23. The molecule has 164 valence electrons. The molecule has 2 aromatic rings. The van der Waals surface area contributed by atoms with Gasteiger partial charge in [0.05, 0.1) is 24.6 Å². The van der Waals surface area contributed by atoms with Crippen molar-refractivity contribution in [2.24, 2.45) is 0 Å². The van der Waals surface area contributed by atoms with E-state index in [1.165, 1.54) is 0 Å². The van der Waals surface area contributed by atoms with E-state index < -0.39 is 0 Å². The first-order valence-electron chi connectivity index (χ1n) is 10.3. The second kappa shape index (κ2) is 9.99. The van der Waals surface area contributed by atoms with Gasteiger partial charge in [0.15, 0.2) is 0 Å². The molecule has 1 aromatic carbocycles. The van der Waals surface area contributed by atoms with Crippen LogP contribution in [0, 0.1) is 32.1 Å². The van der Waals surface area contributed by atoms with Crippen LogP contribution in [0.4, 0.5) is 5.69 Å². The molecule has 31 heavy (non-hydrogen) atoms. The minimum Gasteiger partial charge on any atom is -0.466 e.